The molecule has 136 valence electrons. The van der Waals surface area contributed by atoms with Crippen molar-refractivity contribution in [2.75, 3.05) is 26.1 Å². The van der Waals surface area contributed by atoms with Crippen LogP contribution in [0.4, 0.5) is 5.95 Å². The number of hydrogen-bond acceptors (Lipinski definition) is 7. The maximum atomic E-state index is 9.78. The summed E-state index contributed by atoms with van der Waals surface area (Å²) >= 11 is 0. The van der Waals surface area contributed by atoms with E-state index in [-0.39, 0.29) is 12.1 Å². The van der Waals surface area contributed by atoms with E-state index >= 15 is 0 Å². The second kappa shape index (κ2) is 7.93. The second-order valence-electron chi connectivity index (χ2n) is 6.68. The summed E-state index contributed by atoms with van der Waals surface area (Å²) in [6.07, 6.45) is 6.96. The van der Waals surface area contributed by atoms with E-state index < -0.39 is 0 Å². The van der Waals surface area contributed by atoms with E-state index in [1.165, 1.54) is 0 Å². The van der Waals surface area contributed by atoms with Crippen molar-refractivity contribution in [3.8, 4) is 5.88 Å². The molecule has 0 aliphatic heterocycles. The SMILES string of the molecule is COC[C@H](C)Nc1ncc2c(OC)ncc(C3CCC(O)CC3)c2n1. The van der Waals surface area contributed by atoms with Gasteiger partial charge in [0.1, 0.15) is 0 Å². The molecule has 1 saturated carbocycles. The zero-order valence-electron chi connectivity index (χ0n) is 15.0. The summed E-state index contributed by atoms with van der Waals surface area (Å²) in [7, 11) is 3.27. The highest BCUT2D eigenvalue weighted by molar-refractivity contribution is 5.86. The summed E-state index contributed by atoms with van der Waals surface area (Å²) < 4.78 is 10.5. The fraction of sp³-hybridized carbons (Fsp3) is 0.611. The molecule has 1 atom stereocenters. The van der Waals surface area contributed by atoms with Crippen LogP contribution in [0.1, 0.15) is 44.1 Å². The van der Waals surface area contributed by atoms with Crippen molar-refractivity contribution >= 4 is 16.9 Å². The molecule has 0 aromatic carbocycles. The smallest absolute Gasteiger partial charge is 0.224 e. The number of ether oxygens (including phenoxy) is 2. The monoisotopic (exact) mass is 346 g/mol. The van der Waals surface area contributed by atoms with E-state index in [0.29, 0.717) is 24.4 Å². The molecule has 0 amide bonds. The molecule has 7 heteroatoms. The van der Waals surface area contributed by atoms with Crippen LogP contribution in [0, 0.1) is 0 Å². The van der Waals surface area contributed by atoms with Crippen LogP contribution in [0.15, 0.2) is 12.4 Å². The minimum absolute atomic E-state index is 0.111. The van der Waals surface area contributed by atoms with Gasteiger partial charge in [-0.25, -0.2) is 15.0 Å². The molecule has 0 radical (unpaired) electrons. The minimum Gasteiger partial charge on any atom is -0.480 e. The number of aliphatic hydroxyl groups is 1. The maximum absolute atomic E-state index is 9.78. The molecule has 0 bridgehead atoms. The molecule has 2 N–H and O–H groups in total. The predicted molar refractivity (Wildman–Crippen MR) is 96.1 cm³/mol. The van der Waals surface area contributed by atoms with Crippen LogP contribution in [0.25, 0.3) is 10.9 Å². The van der Waals surface area contributed by atoms with Crippen LogP contribution >= 0.6 is 0 Å². The van der Waals surface area contributed by atoms with Gasteiger partial charge >= 0.3 is 0 Å². The lowest BCUT2D eigenvalue weighted by Gasteiger charge is -2.26. The first-order chi connectivity index (χ1) is 12.1. The Balaban J connectivity index is 1.97. The second-order valence-corrected chi connectivity index (χ2v) is 6.68. The Morgan fingerprint density at radius 1 is 1.20 bits per heavy atom. The van der Waals surface area contributed by atoms with Crippen molar-refractivity contribution in [2.45, 2.75) is 50.7 Å². The lowest BCUT2D eigenvalue weighted by atomic mass is 9.83. The third-order valence-corrected chi connectivity index (χ3v) is 4.74. The Hall–Kier alpha value is -1.99. The Kier molecular flexibility index (Phi) is 5.65. The van der Waals surface area contributed by atoms with Gasteiger partial charge in [-0.3, -0.25) is 0 Å². The molecule has 7 nitrogen and oxygen atoms in total. The number of nitrogens with one attached hydrogen (secondary N) is 1. The quantitative estimate of drug-likeness (QED) is 0.830. The van der Waals surface area contributed by atoms with Crippen LogP contribution in [0.3, 0.4) is 0 Å². The summed E-state index contributed by atoms with van der Waals surface area (Å²) in [4.78, 5) is 13.6. The van der Waals surface area contributed by atoms with Gasteiger partial charge in [-0.1, -0.05) is 0 Å². The van der Waals surface area contributed by atoms with Crippen LogP contribution in [-0.2, 0) is 4.74 Å². The summed E-state index contributed by atoms with van der Waals surface area (Å²) in [6, 6.07) is 0.111. The van der Waals surface area contributed by atoms with Crippen molar-refractivity contribution in [2.24, 2.45) is 0 Å². The van der Waals surface area contributed by atoms with Gasteiger partial charge in [0, 0.05) is 31.1 Å². The number of aromatic nitrogens is 3. The van der Waals surface area contributed by atoms with Crippen molar-refractivity contribution < 1.29 is 14.6 Å². The van der Waals surface area contributed by atoms with Gasteiger partial charge in [0.25, 0.3) is 0 Å². The van der Waals surface area contributed by atoms with Gasteiger partial charge in [0.2, 0.25) is 11.8 Å². The predicted octanol–water partition coefficient (Wildman–Crippen LogP) is 2.50. The number of fused-ring (bicyclic) bond motifs is 1. The van der Waals surface area contributed by atoms with E-state index in [9.17, 15) is 5.11 Å². The molecule has 1 aliphatic rings. The van der Waals surface area contributed by atoms with Gasteiger partial charge in [0.05, 0.1) is 30.7 Å². The number of nitrogens with zero attached hydrogens (tertiary/aromatic N) is 3. The van der Waals surface area contributed by atoms with Gasteiger partial charge < -0.3 is 19.9 Å². The summed E-state index contributed by atoms with van der Waals surface area (Å²) in [5.41, 5.74) is 1.97. The number of hydrogen-bond donors (Lipinski definition) is 2. The topological polar surface area (TPSA) is 89.4 Å². The standard InChI is InChI=1S/C18H26N4O3/c1-11(10-24-2)21-18-20-9-15-16(22-18)14(8-19-17(15)25-3)12-4-6-13(23)7-5-12/h8-9,11-13,23H,4-7,10H2,1-3H3,(H,20,21,22)/t11-,12?,13?/m0/s1. The van der Waals surface area contributed by atoms with Crippen LogP contribution in [0.5, 0.6) is 5.88 Å². The highest BCUT2D eigenvalue weighted by Crippen LogP contribution is 2.37. The average Bonchev–Trinajstić information content (AvgIpc) is 2.61. The van der Waals surface area contributed by atoms with Gasteiger partial charge in [-0.15, -0.1) is 0 Å². The molecule has 1 aliphatic carbocycles. The van der Waals surface area contributed by atoms with Crippen molar-refractivity contribution in [1.29, 1.82) is 0 Å². The molecule has 25 heavy (non-hydrogen) atoms. The molecular weight excluding hydrogens is 320 g/mol. The Labute approximate surface area is 147 Å². The average molecular weight is 346 g/mol. The summed E-state index contributed by atoms with van der Waals surface area (Å²) in [6.45, 7) is 2.60. The van der Waals surface area contributed by atoms with Crippen molar-refractivity contribution in [3.05, 3.63) is 18.0 Å². The molecule has 2 aromatic heterocycles. The molecule has 1 fully saturated rings. The number of methoxy groups -OCH3 is 2. The van der Waals surface area contributed by atoms with Crippen molar-refractivity contribution in [1.82, 2.24) is 15.0 Å². The number of pyridine rings is 1. The molecular formula is C18H26N4O3. The minimum atomic E-state index is -0.185. The first-order valence-corrected chi connectivity index (χ1v) is 8.75. The zero-order chi connectivity index (χ0) is 17.8. The fourth-order valence-corrected chi connectivity index (χ4v) is 3.45. The van der Waals surface area contributed by atoms with Crippen LogP contribution in [0.2, 0.25) is 0 Å². The Bertz CT molecular complexity index is 717. The van der Waals surface area contributed by atoms with E-state index in [1.54, 1.807) is 20.4 Å². The Morgan fingerprint density at radius 3 is 2.64 bits per heavy atom. The van der Waals surface area contributed by atoms with Gasteiger partial charge in [-0.05, 0) is 38.5 Å². The largest absolute Gasteiger partial charge is 0.480 e. The van der Waals surface area contributed by atoms with Crippen LogP contribution in [-0.4, -0.2) is 53.0 Å². The van der Waals surface area contributed by atoms with E-state index in [2.05, 4.69) is 15.3 Å². The maximum Gasteiger partial charge on any atom is 0.224 e. The van der Waals surface area contributed by atoms with E-state index in [0.717, 1.165) is 42.1 Å². The summed E-state index contributed by atoms with van der Waals surface area (Å²) in [5, 5.41) is 13.9. The number of aliphatic hydroxyl groups excluding tert-OH is 1. The number of rotatable bonds is 6. The molecule has 0 unspecified atom stereocenters. The lowest BCUT2D eigenvalue weighted by molar-refractivity contribution is 0.122. The highest BCUT2D eigenvalue weighted by atomic mass is 16.5. The number of anilines is 1. The molecule has 0 spiro atoms. The van der Waals surface area contributed by atoms with E-state index in [1.807, 2.05) is 13.1 Å². The molecule has 3 rings (SSSR count). The normalized spacial score (nSPS) is 21.9. The first-order valence-electron chi connectivity index (χ1n) is 8.75. The van der Waals surface area contributed by atoms with Gasteiger partial charge in [-0.2, -0.15) is 0 Å². The van der Waals surface area contributed by atoms with E-state index in [4.69, 9.17) is 14.5 Å². The van der Waals surface area contributed by atoms with Crippen LogP contribution < -0.4 is 10.1 Å². The zero-order valence-corrected chi connectivity index (χ0v) is 15.0. The molecule has 2 aromatic rings. The van der Waals surface area contributed by atoms with Gasteiger partial charge in [0.15, 0.2) is 0 Å². The third kappa shape index (κ3) is 3.99. The third-order valence-electron chi connectivity index (χ3n) is 4.74. The first kappa shape index (κ1) is 17.8. The Morgan fingerprint density at radius 2 is 1.96 bits per heavy atom. The lowest BCUT2D eigenvalue weighted by Crippen LogP contribution is -2.22. The molecule has 0 saturated heterocycles. The fourth-order valence-electron chi connectivity index (χ4n) is 3.45. The highest BCUT2D eigenvalue weighted by Gasteiger charge is 2.24. The summed E-state index contributed by atoms with van der Waals surface area (Å²) in [5.74, 6) is 1.46. The molecule has 2 heterocycles. The van der Waals surface area contributed by atoms with Crippen molar-refractivity contribution in [3.63, 3.8) is 0 Å².